The standard InChI is InChI=1S/C17H16N2OS/c1-13(16-8-5-11-21-16)19(2)17(20)10-9-14-6-3-4-7-15(14)12-18/h3-11,13H,1-2H3/b10-9-/t13-/m0/s1. The first-order valence-corrected chi connectivity index (χ1v) is 7.49. The largest absolute Gasteiger partial charge is 0.335 e. The molecule has 0 aliphatic carbocycles. The highest BCUT2D eigenvalue weighted by molar-refractivity contribution is 7.10. The van der Waals surface area contributed by atoms with Crippen LogP contribution in [-0.4, -0.2) is 17.9 Å². The number of benzene rings is 1. The van der Waals surface area contributed by atoms with E-state index in [0.717, 1.165) is 10.4 Å². The maximum atomic E-state index is 12.2. The van der Waals surface area contributed by atoms with Gasteiger partial charge >= 0.3 is 0 Å². The third kappa shape index (κ3) is 3.59. The van der Waals surface area contributed by atoms with E-state index in [0.29, 0.717) is 5.56 Å². The first kappa shape index (κ1) is 15.0. The molecule has 0 radical (unpaired) electrons. The van der Waals surface area contributed by atoms with E-state index in [1.165, 1.54) is 6.08 Å². The third-order valence-corrected chi connectivity index (χ3v) is 4.41. The van der Waals surface area contributed by atoms with Gasteiger partial charge in [-0.05, 0) is 36.1 Å². The average molecular weight is 296 g/mol. The number of thiophene rings is 1. The fourth-order valence-corrected chi connectivity index (χ4v) is 2.76. The molecule has 106 valence electrons. The van der Waals surface area contributed by atoms with Gasteiger partial charge in [-0.3, -0.25) is 4.79 Å². The molecule has 1 atom stereocenters. The van der Waals surface area contributed by atoms with Crippen LogP contribution in [0.1, 0.15) is 29.0 Å². The molecule has 2 aromatic rings. The summed E-state index contributed by atoms with van der Waals surface area (Å²) in [6.45, 7) is 2.00. The highest BCUT2D eigenvalue weighted by atomic mass is 32.1. The highest BCUT2D eigenvalue weighted by Crippen LogP contribution is 2.23. The summed E-state index contributed by atoms with van der Waals surface area (Å²) in [6.07, 6.45) is 3.21. The Balaban J connectivity index is 2.10. The summed E-state index contributed by atoms with van der Waals surface area (Å²) in [5, 5.41) is 11.0. The number of hydrogen-bond donors (Lipinski definition) is 0. The zero-order chi connectivity index (χ0) is 15.2. The highest BCUT2D eigenvalue weighted by Gasteiger charge is 2.15. The SMILES string of the molecule is C[C@@H](c1cccs1)N(C)C(=O)/C=C\c1ccccc1C#N. The molecule has 21 heavy (non-hydrogen) atoms. The van der Waals surface area contributed by atoms with Gasteiger partial charge in [-0.2, -0.15) is 5.26 Å². The van der Waals surface area contributed by atoms with Gasteiger partial charge in [-0.1, -0.05) is 24.3 Å². The van der Waals surface area contributed by atoms with Gasteiger partial charge in [0.05, 0.1) is 17.7 Å². The molecule has 0 aliphatic heterocycles. The van der Waals surface area contributed by atoms with E-state index < -0.39 is 0 Å². The van der Waals surface area contributed by atoms with Crippen LogP contribution in [0.15, 0.2) is 47.9 Å². The maximum absolute atomic E-state index is 12.2. The molecule has 1 aromatic heterocycles. The van der Waals surface area contributed by atoms with Crippen molar-refractivity contribution in [2.45, 2.75) is 13.0 Å². The van der Waals surface area contributed by atoms with Crippen molar-refractivity contribution in [3.63, 3.8) is 0 Å². The summed E-state index contributed by atoms with van der Waals surface area (Å²) in [6, 6.07) is 13.4. The van der Waals surface area contributed by atoms with Crippen molar-refractivity contribution in [1.82, 2.24) is 4.90 Å². The molecule has 0 spiro atoms. The Morgan fingerprint density at radius 2 is 2.10 bits per heavy atom. The Morgan fingerprint density at radius 3 is 2.76 bits per heavy atom. The third-order valence-electron chi connectivity index (χ3n) is 3.37. The Hall–Kier alpha value is -2.38. The van der Waals surface area contributed by atoms with Crippen LogP contribution >= 0.6 is 11.3 Å². The molecule has 0 saturated carbocycles. The molecule has 1 amide bonds. The lowest BCUT2D eigenvalue weighted by molar-refractivity contribution is -0.126. The second-order valence-electron chi connectivity index (χ2n) is 4.67. The molecule has 0 N–H and O–H groups in total. The molecule has 0 fully saturated rings. The Bertz CT molecular complexity index is 683. The number of nitriles is 1. The molecular weight excluding hydrogens is 280 g/mol. The second kappa shape index (κ2) is 6.87. The molecule has 3 nitrogen and oxygen atoms in total. The van der Waals surface area contributed by atoms with Crippen molar-refractivity contribution < 1.29 is 4.79 Å². The molecule has 2 rings (SSSR count). The summed E-state index contributed by atoms with van der Waals surface area (Å²) in [5.41, 5.74) is 1.32. The van der Waals surface area contributed by atoms with Crippen LogP contribution in [0.4, 0.5) is 0 Å². The van der Waals surface area contributed by atoms with E-state index in [2.05, 4.69) is 6.07 Å². The number of carbonyl (C=O) groups excluding carboxylic acids is 1. The lowest BCUT2D eigenvalue weighted by Gasteiger charge is -2.22. The van der Waals surface area contributed by atoms with Crippen molar-refractivity contribution in [2.24, 2.45) is 0 Å². The van der Waals surface area contributed by atoms with Gasteiger partial charge in [0.25, 0.3) is 0 Å². The first-order valence-electron chi connectivity index (χ1n) is 6.61. The van der Waals surface area contributed by atoms with E-state index in [1.807, 2.05) is 42.6 Å². The van der Waals surface area contributed by atoms with Gasteiger partial charge in [0.1, 0.15) is 0 Å². The predicted octanol–water partition coefficient (Wildman–Crippen LogP) is 3.85. The van der Waals surface area contributed by atoms with Gasteiger partial charge in [0, 0.05) is 18.0 Å². The topological polar surface area (TPSA) is 44.1 Å². The molecule has 0 bridgehead atoms. The monoisotopic (exact) mass is 296 g/mol. The lowest BCUT2D eigenvalue weighted by Crippen LogP contribution is -2.27. The lowest BCUT2D eigenvalue weighted by atomic mass is 10.1. The molecule has 0 unspecified atom stereocenters. The number of amides is 1. The summed E-state index contributed by atoms with van der Waals surface area (Å²) in [4.78, 5) is 15.1. The number of nitrogens with zero attached hydrogens (tertiary/aromatic N) is 2. The van der Waals surface area contributed by atoms with Crippen LogP contribution in [0.2, 0.25) is 0 Å². The molecule has 1 heterocycles. The van der Waals surface area contributed by atoms with Crippen LogP contribution < -0.4 is 0 Å². The zero-order valence-corrected chi connectivity index (χ0v) is 12.8. The Labute approximate surface area is 128 Å². The molecule has 1 aromatic carbocycles. The van der Waals surface area contributed by atoms with Gasteiger partial charge in [-0.15, -0.1) is 11.3 Å². The predicted molar refractivity (Wildman–Crippen MR) is 85.7 cm³/mol. The van der Waals surface area contributed by atoms with E-state index in [9.17, 15) is 4.79 Å². The van der Waals surface area contributed by atoms with Crippen molar-refractivity contribution >= 4 is 23.3 Å². The quantitative estimate of drug-likeness (QED) is 0.804. The second-order valence-corrected chi connectivity index (χ2v) is 5.65. The van der Waals surface area contributed by atoms with Crippen molar-refractivity contribution in [3.05, 3.63) is 63.9 Å². The Morgan fingerprint density at radius 1 is 1.33 bits per heavy atom. The summed E-state index contributed by atoms with van der Waals surface area (Å²) >= 11 is 1.64. The van der Waals surface area contributed by atoms with Gasteiger partial charge in [0.15, 0.2) is 0 Å². The smallest absolute Gasteiger partial charge is 0.246 e. The van der Waals surface area contributed by atoms with Gasteiger partial charge in [-0.25, -0.2) is 0 Å². The minimum atomic E-state index is -0.0800. The van der Waals surface area contributed by atoms with Crippen LogP contribution in [0, 0.1) is 11.3 Å². The van der Waals surface area contributed by atoms with Crippen LogP contribution in [0.3, 0.4) is 0 Å². The Kier molecular flexibility index (Phi) is 4.91. The number of carbonyl (C=O) groups is 1. The van der Waals surface area contributed by atoms with Crippen molar-refractivity contribution in [1.29, 1.82) is 5.26 Å². The molecular formula is C17H16N2OS. The summed E-state index contributed by atoms with van der Waals surface area (Å²) in [7, 11) is 1.78. The van der Waals surface area contributed by atoms with Crippen LogP contribution in [0.25, 0.3) is 6.08 Å². The van der Waals surface area contributed by atoms with E-state index in [-0.39, 0.29) is 11.9 Å². The zero-order valence-electron chi connectivity index (χ0n) is 12.0. The normalized spacial score (nSPS) is 12.0. The van der Waals surface area contributed by atoms with Gasteiger partial charge in [0.2, 0.25) is 5.91 Å². The van der Waals surface area contributed by atoms with Crippen molar-refractivity contribution in [2.75, 3.05) is 7.05 Å². The van der Waals surface area contributed by atoms with Gasteiger partial charge < -0.3 is 4.90 Å². The molecule has 0 aliphatic rings. The minimum Gasteiger partial charge on any atom is -0.335 e. The summed E-state index contributed by atoms with van der Waals surface area (Å²) < 4.78 is 0. The fourth-order valence-electron chi connectivity index (χ4n) is 1.93. The van der Waals surface area contributed by atoms with Crippen LogP contribution in [0.5, 0.6) is 0 Å². The van der Waals surface area contributed by atoms with Crippen molar-refractivity contribution in [3.8, 4) is 6.07 Å². The van der Waals surface area contributed by atoms with Crippen LogP contribution in [-0.2, 0) is 4.79 Å². The van der Waals surface area contributed by atoms with E-state index in [4.69, 9.17) is 5.26 Å². The molecule has 4 heteroatoms. The summed E-state index contributed by atoms with van der Waals surface area (Å²) in [5.74, 6) is -0.0800. The fraction of sp³-hybridized carbons (Fsp3) is 0.176. The van der Waals surface area contributed by atoms with E-state index >= 15 is 0 Å². The number of hydrogen-bond acceptors (Lipinski definition) is 3. The minimum absolute atomic E-state index is 0.0355. The average Bonchev–Trinajstić information content (AvgIpc) is 3.05. The van der Waals surface area contributed by atoms with E-state index in [1.54, 1.807) is 35.4 Å². The number of likely N-dealkylation sites (N-methyl/N-ethyl adjacent to an activating group) is 1. The molecule has 0 saturated heterocycles. The maximum Gasteiger partial charge on any atom is 0.246 e. The first-order chi connectivity index (χ1) is 10.1. The number of rotatable bonds is 4.